The Morgan fingerprint density at radius 3 is 1.78 bits per heavy atom. The van der Waals surface area contributed by atoms with Crippen LogP contribution in [0.1, 0.15) is 17.0 Å². The summed E-state index contributed by atoms with van der Waals surface area (Å²) in [6.07, 6.45) is 0.656. The minimum absolute atomic E-state index is 0.0633. The standard InChI is InChI=1S/C15H15O2P/c16-15(17)18-11-14(12-7-3-1-4-8-12)13-9-5-2-6-10-13/h1-10,14,18H,11H2,(H,16,17). The molecular formula is C15H15O2P. The van der Waals surface area contributed by atoms with E-state index in [9.17, 15) is 4.79 Å². The van der Waals surface area contributed by atoms with E-state index in [0.717, 1.165) is 0 Å². The molecule has 0 aliphatic rings. The van der Waals surface area contributed by atoms with Crippen molar-refractivity contribution in [3.8, 4) is 0 Å². The van der Waals surface area contributed by atoms with Crippen molar-refractivity contribution in [2.45, 2.75) is 5.92 Å². The van der Waals surface area contributed by atoms with Crippen LogP contribution in [-0.4, -0.2) is 17.0 Å². The van der Waals surface area contributed by atoms with Crippen LogP contribution in [0.25, 0.3) is 0 Å². The van der Waals surface area contributed by atoms with Crippen LogP contribution in [0.5, 0.6) is 0 Å². The van der Waals surface area contributed by atoms with Gasteiger partial charge in [-0.1, -0.05) is 60.7 Å². The Kier molecular flexibility index (Phi) is 4.49. The molecule has 0 bridgehead atoms. The average Bonchev–Trinajstić information content (AvgIpc) is 2.41. The smallest absolute Gasteiger partial charge is 0.320 e. The molecule has 1 unspecified atom stereocenters. The minimum Gasteiger partial charge on any atom is -0.478 e. The van der Waals surface area contributed by atoms with Gasteiger partial charge in [-0.2, -0.15) is 0 Å². The van der Waals surface area contributed by atoms with Crippen LogP contribution in [0.3, 0.4) is 0 Å². The van der Waals surface area contributed by atoms with Crippen LogP contribution in [-0.2, 0) is 0 Å². The van der Waals surface area contributed by atoms with Crippen molar-refractivity contribution in [3.63, 3.8) is 0 Å². The molecule has 2 aromatic carbocycles. The first-order valence-electron chi connectivity index (χ1n) is 5.84. The van der Waals surface area contributed by atoms with E-state index in [4.69, 9.17) is 5.11 Å². The van der Waals surface area contributed by atoms with E-state index in [1.807, 2.05) is 36.4 Å². The Morgan fingerprint density at radius 2 is 1.39 bits per heavy atom. The summed E-state index contributed by atoms with van der Waals surface area (Å²) in [7, 11) is -0.0633. The predicted octanol–water partition coefficient (Wildman–Crippen LogP) is 4.18. The zero-order valence-corrected chi connectivity index (χ0v) is 10.9. The third kappa shape index (κ3) is 3.41. The molecule has 0 aliphatic heterocycles. The largest absolute Gasteiger partial charge is 0.478 e. The summed E-state index contributed by atoms with van der Waals surface area (Å²) in [5, 5.41) is 8.87. The van der Waals surface area contributed by atoms with Crippen LogP contribution in [0, 0.1) is 0 Å². The third-order valence-electron chi connectivity index (χ3n) is 2.86. The molecule has 2 rings (SSSR count). The zero-order chi connectivity index (χ0) is 12.8. The fourth-order valence-corrected chi connectivity index (χ4v) is 2.84. The molecule has 0 saturated heterocycles. The van der Waals surface area contributed by atoms with Crippen molar-refractivity contribution in [1.82, 2.24) is 0 Å². The van der Waals surface area contributed by atoms with Gasteiger partial charge in [0.1, 0.15) is 0 Å². The fourth-order valence-electron chi connectivity index (χ4n) is 1.99. The number of hydrogen-bond donors (Lipinski definition) is 1. The lowest BCUT2D eigenvalue weighted by Gasteiger charge is -2.16. The quantitative estimate of drug-likeness (QED) is 0.817. The van der Waals surface area contributed by atoms with Crippen molar-refractivity contribution in [1.29, 1.82) is 0 Å². The SMILES string of the molecule is O=C(O)PCC(c1ccccc1)c1ccccc1. The van der Waals surface area contributed by atoms with E-state index in [0.29, 0.717) is 6.16 Å². The van der Waals surface area contributed by atoms with Gasteiger partial charge in [-0.25, -0.2) is 4.79 Å². The summed E-state index contributed by atoms with van der Waals surface area (Å²) in [6.45, 7) is 0. The lowest BCUT2D eigenvalue weighted by Crippen LogP contribution is -2.04. The number of hydrogen-bond acceptors (Lipinski definition) is 1. The van der Waals surface area contributed by atoms with Crippen LogP contribution in [0.2, 0.25) is 0 Å². The second-order valence-corrected chi connectivity index (χ2v) is 5.25. The normalized spacial score (nSPS) is 11.2. The average molecular weight is 258 g/mol. The van der Waals surface area contributed by atoms with Gasteiger partial charge < -0.3 is 5.11 Å². The molecule has 0 aliphatic carbocycles. The van der Waals surface area contributed by atoms with E-state index in [1.54, 1.807) is 0 Å². The molecule has 18 heavy (non-hydrogen) atoms. The number of benzene rings is 2. The van der Waals surface area contributed by atoms with Gasteiger partial charge >= 0.3 is 5.71 Å². The first-order chi connectivity index (χ1) is 8.77. The van der Waals surface area contributed by atoms with Gasteiger partial charge in [-0.15, -0.1) is 0 Å². The summed E-state index contributed by atoms with van der Waals surface area (Å²) in [6, 6.07) is 20.2. The molecule has 0 amide bonds. The first kappa shape index (κ1) is 12.8. The Morgan fingerprint density at radius 1 is 0.944 bits per heavy atom. The fraction of sp³-hybridized carbons (Fsp3) is 0.133. The van der Waals surface area contributed by atoms with E-state index in [-0.39, 0.29) is 14.5 Å². The van der Waals surface area contributed by atoms with Crippen LogP contribution >= 0.6 is 8.58 Å². The van der Waals surface area contributed by atoms with E-state index < -0.39 is 5.71 Å². The third-order valence-corrected chi connectivity index (χ3v) is 3.78. The number of rotatable bonds is 5. The Bertz CT molecular complexity index is 457. The van der Waals surface area contributed by atoms with Gasteiger partial charge in [-0.3, -0.25) is 0 Å². The predicted molar refractivity (Wildman–Crippen MR) is 75.9 cm³/mol. The first-order valence-corrected chi connectivity index (χ1v) is 7.05. The molecule has 0 heterocycles. The maximum Gasteiger partial charge on any atom is 0.320 e. The van der Waals surface area contributed by atoms with Crippen molar-refractivity contribution >= 4 is 14.3 Å². The highest BCUT2D eigenvalue weighted by atomic mass is 31.1. The molecule has 0 aromatic heterocycles. The maximum atomic E-state index is 10.8. The second kappa shape index (κ2) is 6.32. The van der Waals surface area contributed by atoms with E-state index in [2.05, 4.69) is 24.3 Å². The minimum atomic E-state index is -0.716. The lowest BCUT2D eigenvalue weighted by atomic mass is 9.93. The van der Waals surface area contributed by atoms with E-state index >= 15 is 0 Å². The summed E-state index contributed by atoms with van der Waals surface area (Å²) in [5.41, 5.74) is 1.64. The van der Waals surface area contributed by atoms with Crippen LogP contribution in [0.4, 0.5) is 4.79 Å². The monoisotopic (exact) mass is 258 g/mol. The summed E-state index contributed by atoms with van der Waals surface area (Å²) in [4.78, 5) is 10.8. The molecule has 0 spiro atoms. The highest BCUT2D eigenvalue weighted by molar-refractivity contribution is 7.57. The van der Waals surface area contributed by atoms with Crippen LogP contribution < -0.4 is 0 Å². The Hall–Kier alpha value is -1.66. The zero-order valence-electron chi connectivity index (χ0n) is 9.91. The van der Waals surface area contributed by atoms with Gasteiger partial charge in [-0.05, 0) is 25.9 Å². The highest BCUT2D eigenvalue weighted by Gasteiger charge is 2.14. The topological polar surface area (TPSA) is 37.3 Å². The molecule has 1 N–H and O–H groups in total. The van der Waals surface area contributed by atoms with Crippen LogP contribution in [0.15, 0.2) is 60.7 Å². The van der Waals surface area contributed by atoms with Gasteiger partial charge in [0.2, 0.25) is 0 Å². The molecule has 2 aromatic rings. The Balaban J connectivity index is 2.26. The summed E-state index contributed by atoms with van der Waals surface area (Å²) < 4.78 is 0. The highest BCUT2D eigenvalue weighted by Crippen LogP contribution is 2.30. The van der Waals surface area contributed by atoms with E-state index in [1.165, 1.54) is 11.1 Å². The summed E-state index contributed by atoms with van der Waals surface area (Å²) >= 11 is 0. The number of carbonyl (C=O) groups is 1. The van der Waals surface area contributed by atoms with Crippen molar-refractivity contribution < 1.29 is 9.90 Å². The molecule has 0 radical (unpaired) electrons. The number of carboxylic acid groups (broad SMARTS) is 1. The van der Waals surface area contributed by atoms with Gasteiger partial charge in [0.05, 0.1) is 0 Å². The summed E-state index contributed by atoms with van der Waals surface area (Å²) in [5.74, 6) is 0.168. The Labute approximate surface area is 108 Å². The molecule has 1 atom stereocenters. The van der Waals surface area contributed by atoms with Crippen molar-refractivity contribution in [2.24, 2.45) is 0 Å². The van der Waals surface area contributed by atoms with Crippen molar-refractivity contribution in [3.05, 3.63) is 71.8 Å². The molecule has 2 nitrogen and oxygen atoms in total. The van der Waals surface area contributed by atoms with Gasteiger partial charge in [0, 0.05) is 5.92 Å². The molecule has 3 heteroatoms. The molecular weight excluding hydrogens is 243 g/mol. The maximum absolute atomic E-state index is 10.8. The lowest BCUT2D eigenvalue weighted by molar-refractivity contribution is 0.221. The molecule has 92 valence electrons. The molecule has 0 fully saturated rings. The molecule has 0 saturated carbocycles. The second-order valence-electron chi connectivity index (χ2n) is 4.06. The van der Waals surface area contributed by atoms with Gasteiger partial charge in [0.15, 0.2) is 0 Å². The van der Waals surface area contributed by atoms with Gasteiger partial charge in [0.25, 0.3) is 0 Å². The van der Waals surface area contributed by atoms with Crippen molar-refractivity contribution in [2.75, 3.05) is 6.16 Å².